The van der Waals surface area contributed by atoms with Gasteiger partial charge in [-0.05, 0) is 56.0 Å². The lowest BCUT2D eigenvalue weighted by atomic mass is 9.86. The number of carbonyl (C=O) groups excluding carboxylic acids is 1. The van der Waals surface area contributed by atoms with E-state index in [9.17, 15) is 13.2 Å². The smallest absolute Gasteiger partial charge is 0.264 e. The maximum absolute atomic E-state index is 13.2. The van der Waals surface area contributed by atoms with Crippen molar-refractivity contribution >= 4 is 21.6 Å². The van der Waals surface area contributed by atoms with E-state index in [1.165, 1.54) is 16.8 Å². The van der Waals surface area contributed by atoms with E-state index in [0.717, 1.165) is 19.3 Å². The number of benzene rings is 2. The molecule has 0 saturated heterocycles. The summed E-state index contributed by atoms with van der Waals surface area (Å²) < 4.78 is 27.7. The second-order valence-corrected chi connectivity index (χ2v) is 9.24. The maximum atomic E-state index is 13.2. The number of nitrogens with zero attached hydrogens (tertiary/aromatic N) is 1. The minimum Gasteiger partial charge on any atom is -0.349 e. The monoisotopic (exact) mass is 400 g/mol. The number of rotatable bonds is 6. The second-order valence-electron chi connectivity index (χ2n) is 7.37. The maximum Gasteiger partial charge on any atom is 0.264 e. The van der Waals surface area contributed by atoms with Gasteiger partial charge in [-0.15, -0.1) is 0 Å². The zero-order valence-electron chi connectivity index (χ0n) is 16.5. The van der Waals surface area contributed by atoms with Gasteiger partial charge in [0.1, 0.15) is 0 Å². The van der Waals surface area contributed by atoms with Crippen LogP contribution < -0.4 is 9.62 Å². The van der Waals surface area contributed by atoms with Crippen LogP contribution in [0.2, 0.25) is 0 Å². The van der Waals surface area contributed by atoms with Gasteiger partial charge in [-0.25, -0.2) is 8.42 Å². The highest BCUT2D eigenvalue weighted by Gasteiger charge is 2.26. The fourth-order valence-corrected chi connectivity index (χ4v) is 5.31. The van der Waals surface area contributed by atoms with Crippen molar-refractivity contribution in [2.45, 2.75) is 50.5 Å². The van der Waals surface area contributed by atoms with Gasteiger partial charge in [0.25, 0.3) is 15.9 Å². The summed E-state index contributed by atoms with van der Waals surface area (Å²) in [6.07, 6.45) is 4.41. The molecule has 1 N–H and O–H groups in total. The molecule has 2 aromatic rings. The molecule has 5 nitrogen and oxygen atoms in total. The summed E-state index contributed by atoms with van der Waals surface area (Å²) in [6.45, 7) is 4.26. The number of carbonyl (C=O) groups is 1. The highest BCUT2D eigenvalue weighted by atomic mass is 32.2. The Kier molecular flexibility index (Phi) is 6.39. The molecular formula is C22H28N2O3S. The largest absolute Gasteiger partial charge is 0.349 e. The topological polar surface area (TPSA) is 66.5 Å². The standard InChI is InChI=1S/C22H28N2O3S/c1-3-24(19-12-5-4-6-13-19)28(26,27)20-14-9-11-18(16-20)22(25)23-21-15-8-7-10-17(21)2/h4-6,9,11-14,16-17,21H,3,7-8,10,15H2,1-2H3,(H,23,25). The molecule has 1 aliphatic carbocycles. The van der Waals surface area contributed by atoms with Crippen molar-refractivity contribution in [1.29, 1.82) is 0 Å². The molecular weight excluding hydrogens is 372 g/mol. The molecule has 2 atom stereocenters. The molecule has 2 unspecified atom stereocenters. The van der Waals surface area contributed by atoms with Crippen molar-refractivity contribution < 1.29 is 13.2 Å². The molecule has 28 heavy (non-hydrogen) atoms. The Morgan fingerprint density at radius 2 is 1.79 bits per heavy atom. The average molecular weight is 401 g/mol. The number of anilines is 1. The van der Waals surface area contributed by atoms with E-state index in [1.807, 2.05) is 18.2 Å². The van der Waals surface area contributed by atoms with Crippen LogP contribution in [0, 0.1) is 5.92 Å². The number of hydrogen-bond donors (Lipinski definition) is 1. The van der Waals surface area contributed by atoms with Gasteiger partial charge in [0.05, 0.1) is 10.6 Å². The summed E-state index contributed by atoms with van der Waals surface area (Å²) in [7, 11) is -3.75. The normalized spacial score (nSPS) is 19.8. The molecule has 1 fully saturated rings. The second kappa shape index (κ2) is 8.78. The number of nitrogens with one attached hydrogen (secondary N) is 1. The van der Waals surface area contributed by atoms with Crippen molar-refractivity contribution in [3.63, 3.8) is 0 Å². The van der Waals surface area contributed by atoms with Gasteiger partial charge < -0.3 is 5.32 Å². The lowest BCUT2D eigenvalue weighted by Gasteiger charge is -2.29. The molecule has 1 amide bonds. The van der Waals surface area contributed by atoms with E-state index in [4.69, 9.17) is 0 Å². The summed E-state index contributed by atoms with van der Waals surface area (Å²) in [5.74, 6) is 0.233. The molecule has 0 aliphatic heterocycles. The van der Waals surface area contributed by atoms with Gasteiger partial charge in [0.15, 0.2) is 0 Å². The summed E-state index contributed by atoms with van der Waals surface area (Å²) in [6, 6.07) is 15.5. The Balaban J connectivity index is 1.84. The fourth-order valence-electron chi connectivity index (χ4n) is 3.79. The number of hydrogen-bond acceptors (Lipinski definition) is 3. The van der Waals surface area contributed by atoms with Gasteiger partial charge in [-0.2, -0.15) is 0 Å². The number of sulfonamides is 1. The summed E-state index contributed by atoms with van der Waals surface area (Å²) in [5, 5.41) is 3.09. The van der Waals surface area contributed by atoms with Crippen LogP contribution in [-0.4, -0.2) is 26.9 Å². The molecule has 6 heteroatoms. The first-order valence-corrected chi connectivity index (χ1v) is 11.4. The third-order valence-corrected chi connectivity index (χ3v) is 7.34. The van der Waals surface area contributed by atoms with E-state index < -0.39 is 10.0 Å². The van der Waals surface area contributed by atoms with Crippen LogP contribution in [0.4, 0.5) is 5.69 Å². The molecule has 150 valence electrons. The van der Waals surface area contributed by atoms with Crippen molar-refractivity contribution in [3.8, 4) is 0 Å². The van der Waals surface area contributed by atoms with Crippen LogP contribution in [0.5, 0.6) is 0 Å². The Morgan fingerprint density at radius 1 is 1.07 bits per heavy atom. The lowest BCUT2D eigenvalue weighted by Crippen LogP contribution is -2.41. The third kappa shape index (κ3) is 4.38. The SMILES string of the molecule is CCN(c1ccccc1)S(=O)(=O)c1cccc(C(=O)NC2CCCCC2C)c1. The van der Waals surface area contributed by atoms with E-state index >= 15 is 0 Å². The molecule has 0 bridgehead atoms. The molecule has 0 heterocycles. The van der Waals surface area contributed by atoms with Gasteiger partial charge in [0, 0.05) is 18.2 Å². The predicted octanol–water partition coefficient (Wildman–Crippen LogP) is 4.21. The Bertz CT molecular complexity index is 912. The number of amides is 1. The van der Waals surface area contributed by atoms with Gasteiger partial charge in [0.2, 0.25) is 0 Å². The first-order valence-electron chi connectivity index (χ1n) is 9.92. The van der Waals surface area contributed by atoms with Gasteiger partial charge in [-0.1, -0.05) is 44.0 Å². The number of para-hydroxylation sites is 1. The summed E-state index contributed by atoms with van der Waals surface area (Å²) in [5.41, 5.74) is 0.985. The highest BCUT2D eigenvalue weighted by molar-refractivity contribution is 7.92. The molecule has 1 saturated carbocycles. The van der Waals surface area contributed by atoms with Crippen LogP contribution in [0.1, 0.15) is 49.9 Å². The molecule has 1 aliphatic rings. The van der Waals surface area contributed by atoms with Crippen LogP contribution in [-0.2, 0) is 10.0 Å². The zero-order valence-corrected chi connectivity index (χ0v) is 17.3. The van der Waals surface area contributed by atoms with E-state index in [1.54, 1.807) is 37.3 Å². The first-order chi connectivity index (χ1) is 13.4. The quantitative estimate of drug-likeness (QED) is 0.790. The van der Waals surface area contributed by atoms with E-state index in [2.05, 4.69) is 12.2 Å². The third-order valence-electron chi connectivity index (χ3n) is 5.44. The average Bonchev–Trinajstić information content (AvgIpc) is 2.71. The van der Waals surface area contributed by atoms with E-state index in [-0.39, 0.29) is 16.8 Å². The molecule has 0 aromatic heterocycles. The molecule has 3 rings (SSSR count). The predicted molar refractivity (Wildman–Crippen MR) is 112 cm³/mol. The van der Waals surface area contributed by atoms with Gasteiger partial charge >= 0.3 is 0 Å². The van der Waals surface area contributed by atoms with Gasteiger partial charge in [-0.3, -0.25) is 9.10 Å². The summed E-state index contributed by atoms with van der Waals surface area (Å²) >= 11 is 0. The van der Waals surface area contributed by atoms with Crippen LogP contribution in [0.15, 0.2) is 59.5 Å². The van der Waals surface area contributed by atoms with Crippen molar-refractivity contribution in [2.75, 3.05) is 10.8 Å². The van der Waals surface area contributed by atoms with Crippen molar-refractivity contribution in [1.82, 2.24) is 5.32 Å². The molecule has 0 radical (unpaired) electrons. The zero-order chi connectivity index (χ0) is 20.1. The van der Waals surface area contributed by atoms with Crippen LogP contribution in [0.3, 0.4) is 0 Å². The first kappa shape index (κ1) is 20.4. The van der Waals surface area contributed by atoms with E-state index in [0.29, 0.717) is 23.7 Å². The molecule has 2 aromatic carbocycles. The highest BCUT2D eigenvalue weighted by Crippen LogP contribution is 2.26. The van der Waals surface area contributed by atoms with Crippen LogP contribution in [0.25, 0.3) is 0 Å². The Labute approximate surface area is 167 Å². The van der Waals surface area contributed by atoms with Crippen molar-refractivity contribution in [2.24, 2.45) is 5.92 Å². The lowest BCUT2D eigenvalue weighted by molar-refractivity contribution is 0.0910. The van der Waals surface area contributed by atoms with Crippen LogP contribution >= 0.6 is 0 Å². The fraction of sp³-hybridized carbons (Fsp3) is 0.409. The summed E-state index contributed by atoms with van der Waals surface area (Å²) in [4.78, 5) is 12.9. The van der Waals surface area contributed by atoms with Crippen molar-refractivity contribution in [3.05, 3.63) is 60.2 Å². The minimum atomic E-state index is -3.75. The Hall–Kier alpha value is -2.34. The molecule has 0 spiro atoms. The minimum absolute atomic E-state index is 0.127. The Morgan fingerprint density at radius 3 is 2.46 bits per heavy atom.